The Kier molecular flexibility index (Phi) is 6.82. The van der Waals surface area contributed by atoms with E-state index in [9.17, 15) is 13.2 Å². The number of sulfone groups is 1. The molecule has 1 heterocycles. The van der Waals surface area contributed by atoms with Crippen molar-refractivity contribution in [2.75, 3.05) is 0 Å². The quantitative estimate of drug-likeness (QED) is 0.666. The fraction of sp³-hybridized carbons (Fsp3) is 0.550. The highest BCUT2D eigenvalue weighted by atomic mass is 32.2. The van der Waals surface area contributed by atoms with E-state index in [2.05, 4.69) is 12.2 Å². The van der Waals surface area contributed by atoms with Gasteiger partial charge in [-0.05, 0) is 44.4 Å². The van der Waals surface area contributed by atoms with E-state index in [0.29, 0.717) is 17.6 Å². The van der Waals surface area contributed by atoms with Gasteiger partial charge < -0.3 is 5.32 Å². The molecule has 0 aromatic heterocycles. The lowest BCUT2D eigenvalue weighted by atomic mass is 10.0. The number of hydrogen-bond acceptors (Lipinski definition) is 3. The number of amides is 1. The highest BCUT2D eigenvalue weighted by molar-refractivity contribution is 7.92. The Morgan fingerprint density at radius 2 is 1.56 bits per heavy atom. The zero-order valence-corrected chi connectivity index (χ0v) is 16.3. The first-order valence-corrected chi connectivity index (χ1v) is 10.7. The van der Waals surface area contributed by atoms with Crippen molar-refractivity contribution in [2.24, 2.45) is 0 Å². The number of nitrogens with one attached hydrogen (secondary N) is 1. The molecule has 1 aliphatic rings. The average molecular weight is 364 g/mol. The number of hydrogen-bond donors (Lipinski definition) is 1. The van der Waals surface area contributed by atoms with Crippen LogP contribution in [0.5, 0.6) is 0 Å². The molecule has 1 unspecified atom stereocenters. The SMILES string of the molecule is CCCCCCCCC1=C(C)C(S(=O)(=O)c2ccc(C)cc2)NC1=O. The van der Waals surface area contributed by atoms with Gasteiger partial charge in [0, 0.05) is 5.57 Å². The highest BCUT2D eigenvalue weighted by Crippen LogP contribution is 2.29. The van der Waals surface area contributed by atoms with Crippen molar-refractivity contribution < 1.29 is 13.2 Å². The summed E-state index contributed by atoms with van der Waals surface area (Å²) in [5, 5.41) is 1.73. The smallest absolute Gasteiger partial charge is 0.248 e. The molecule has 0 bridgehead atoms. The molecule has 0 radical (unpaired) electrons. The first-order chi connectivity index (χ1) is 11.9. The van der Waals surface area contributed by atoms with Gasteiger partial charge in [0.05, 0.1) is 4.90 Å². The molecule has 2 rings (SSSR count). The van der Waals surface area contributed by atoms with Crippen LogP contribution in [0.2, 0.25) is 0 Å². The second-order valence-electron chi connectivity index (χ2n) is 6.89. The molecule has 4 nitrogen and oxygen atoms in total. The Labute approximate surface area is 151 Å². The summed E-state index contributed by atoms with van der Waals surface area (Å²) in [7, 11) is -3.60. The molecule has 0 fully saturated rings. The lowest BCUT2D eigenvalue weighted by Gasteiger charge is -2.14. The standard InChI is InChI=1S/C20H29NO3S/c1-4-5-6-7-8-9-10-18-16(3)20(21-19(18)22)25(23,24)17-13-11-15(2)12-14-17/h11-14,20H,4-10H2,1-3H3,(H,21,22). The minimum absolute atomic E-state index is 0.230. The summed E-state index contributed by atoms with van der Waals surface area (Å²) < 4.78 is 25.7. The highest BCUT2D eigenvalue weighted by Gasteiger charge is 2.38. The van der Waals surface area contributed by atoms with Gasteiger partial charge in [-0.3, -0.25) is 4.79 Å². The van der Waals surface area contributed by atoms with Gasteiger partial charge in [0.15, 0.2) is 5.37 Å². The van der Waals surface area contributed by atoms with Crippen LogP contribution in [0.3, 0.4) is 0 Å². The molecule has 0 aliphatic carbocycles. The molecule has 1 N–H and O–H groups in total. The van der Waals surface area contributed by atoms with Crippen LogP contribution in [0.4, 0.5) is 0 Å². The molecule has 0 saturated carbocycles. The van der Waals surface area contributed by atoms with Crippen molar-refractivity contribution >= 4 is 15.7 Å². The van der Waals surface area contributed by atoms with Gasteiger partial charge in [-0.15, -0.1) is 0 Å². The molecule has 0 saturated heterocycles. The molecular formula is C20H29NO3S. The molecule has 1 atom stereocenters. The fourth-order valence-corrected chi connectivity index (χ4v) is 4.88. The number of rotatable bonds is 9. The predicted molar refractivity (Wildman–Crippen MR) is 101 cm³/mol. The Balaban J connectivity index is 2.06. The number of aryl methyl sites for hydroxylation is 1. The van der Waals surface area contributed by atoms with Crippen LogP contribution in [0.1, 0.15) is 64.4 Å². The summed E-state index contributed by atoms with van der Waals surface area (Å²) in [5.41, 5.74) is 2.31. The summed E-state index contributed by atoms with van der Waals surface area (Å²) in [6.07, 6.45) is 7.53. The summed E-state index contributed by atoms with van der Waals surface area (Å²) in [5.74, 6) is -0.230. The van der Waals surface area contributed by atoms with Crippen LogP contribution in [-0.2, 0) is 14.6 Å². The molecule has 5 heteroatoms. The second kappa shape index (κ2) is 8.65. The average Bonchev–Trinajstić information content (AvgIpc) is 2.87. The third kappa shape index (κ3) is 4.72. The zero-order chi connectivity index (χ0) is 18.4. The summed E-state index contributed by atoms with van der Waals surface area (Å²) in [6.45, 7) is 5.86. The molecule has 1 aromatic rings. The van der Waals surface area contributed by atoms with E-state index in [1.807, 2.05) is 6.92 Å². The topological polar surface area (TPSA) is 63.2 Å². The maximum atomic E-state index is 12.8. The van der Waals surface area contributed by atoms with Gasteiger partial charge in [-0.25, -0.2) is 8.42 Å². The van der Waals surface area contributed by atoms with E-state index in [-0.39, 0.29) is 10.8 Å². The van der Waals surface area contributed by atoms with Crippen molar-refractivity contribution in [2.45, 2.75) is 76.0 Å². The summed E-state index contributed by atoms with van der Waals surface area (Å²) in [6, 6.07) is 6.77. The van der Waals surface area contributed by atoms with Gasteiger partial charge in [0.25, 0.3) is 0 Å². The fourth-order valence-electron chi connectivity index (χ4n) is 3.22. The predicted octanol–water partition coefficient (Wildman–Crippen LogP) is 4.29. The first-order valence-electron chi connectivity index (χ1n) is 9.19. The molecule has 25 heavy (non-hydrogen) atoms. The minimum Gasteiger partial charge on any atom is -0.332 e. The van der Waals surface area contributed by atoms with Crippen molar-refractivity contribution in [3.8, 4) is 0 Å². The van der Waals surface area contributed by atoms with E-state index >= 15 is 0 Å². The Bertz CT molecular complexity index is 733. The monoisotopic (exact) mass is 363 g/mol. The van der Waals surface area contributed by atoms with Crippen molar-refractivity contribution in [3.05, 3.63) is 41.0 Å². The maximum absolute atomic E-state index is 12.8. The van der Waals surface area contributed by atoms with Crippen LogP contribution in [0.15, 0.2) is 40.3 Å². The normalized spacial score (nSPS) is 17.9. The Hall–Kier alpha value is -1.62. The van der Waals surface area contributed by atoms with Gasteiger partial charge in [0.2, 0.25) is 15.7 Å². The lowest BCUT2D eigenvalue weighted by molar-refractivity contribution is -0.116. The van der Waals surface area contributed by atoms with Crippen molar-refractivity contribution in [1.29, 1.82) is 0 Å². The number of benzene rings is 1. The van der Waals surface area contributed by atoms with E-state index < -0.39 is 15.2 Å². The molecule has 1 aromatic carbocycles. The number of carbonyl (C=O) groups is 1. The van der Waals surface area contributed by atoms with Crippen LogP contribution < -0.4 is 5.32 Å². The van der Waals surface area contributed by atoms with Crippen molar-refractivity contribution in [1.82, 2.24) is 5.32 Å². The molecular weight excluding hydrogens is 334 g/mol. The van der Waals surface area contributed by atoms with Crippen LogP contribution in [0.25, 0.3) is 0 Å². The largest absolute Gasteiger partial charge is 0.332 e. The molecule has 1 aliphatic heterocycles. The first kappa shape index (κ1) is 19.7. The third-order valence-corrected chi connectivity index (χ3v) is 6.87. The minimum atomic E-state index is -3.60. The Morgan fingerprint density at radius 3 is 2.20 bits per heavy atom. The van der Waals surface area contributed by atoms with Crippen molar-refractivity contribution in [3.63, 3.8) is 0 Å². The van der Waals surface area contributed by atoms with Gasteiger partial charge in [-0.2, -0.15) is 0 Å². The molecule has 138 valence electrons. The second-order valence-corrected chi connectivity index (χ2v) is 8.92. The summed E-state index contributed by atoms with van der Waals surface area (Å²) >= 11 is 0. The maximum Gasteiger partial charge on any atom is 0.248 e. The van der Waals surface area contributed by atoms with Gasteiger partial charge in [-0.1, -0.05) is 56.7 Å². The van der Waals surface area contributed by atoms with E-state index in [1.165, 1.54) is 25.7 Å². The van der Waals surface area contributed by atoms with E-state index in [1.54, 1.807) is 31.2 Å². The van der Waals surface area contributed by atoms with Crippen LogP contribution in [0, 0.1) is 6.92 Å². The van der Waals surface area contributed by atoms with E-state index in [4.69, 9.17) is 0 Å². The van der Waals surface area contributed by atoms with E-state index in [0.717, 1.165) is 18.4 Å². The zero-order valence-electron chi connectivity index (χ0n) is 15.5. The van der Waals surface area contributed by atoms with Crippen LogP contribution >= 0.6 is 0 Å². The molecule has 1 amide bonds. The number of unbranched alkanes of at least 4 members (excludes halogenated alkanes) is 5. The third-order valence-electron chi connectivity index (χ3n) is 4.85. The Morgan fingerprint density at radius 1 is 0.960 bits per heavy atom. The van der Waals surface area contributed by atoms with Gasteiger partial charge >= 0.3 is 0 Å². The number of carbonyl (C=O) groups excluding carboxylic acids is 1. The van der Waals surface area contributed by atoms with Crippen LogP contribution in [-0.4, -0.2) is 19.7 Å². The molecule has 0 spiro atoms. The van der Waals surface area contributed by atoms with Gasteiger partial charge in [0.1, 0.15) is 0 Å². The summed E-state index contributed by atoms with van der Waals surface area (Å²) in [4.78, 5) is 12.5. The lowest BCUT2D eigenvalue weighted by Crippen LogP contribution is -2.35.